The molecule has 9 nitrogen and oxygen atoms in total. The van der Waals surface area contributed by atoms with E-state index >= 15 is 0 Å². The number of rotatable bonds is 64. The minimum Gasteiger partial charge on any atom is -0.477 e. The maximum atomic E-state index is 12.9. The van der Waals surface area contributed by atoms with Crippen molar-refractivity contribution < 1.29 is 42.9 Å². The van der Waals surface area contributed by atoms with E-state index in [-0.39, 0.29) is 38.6 Å². The highest BCUT2D eigenvalue weighted by molar-refractivity contribution is 5.71. The zero-order chi connectivity index (χ0) is 58.3. The molecule has 2 atom stereocenters. The van der Waals surface area contributed by atoms with Gasteiger partial charge in [-0.1, -0.05) is 287 Å². The zero-order valence-electron chi connectivity index (χ0n) is 53.5. The number of quaternary nitrogens is 1. The van der Waals surface area contributed by atoms with Crippen molar-refractivity contribution in [3.63, 3.8) is 0 Å². The number of hydrogen-bond acceptors (Lipinski definition) is 7. The Hall–Kier alpha value is -2.75. The fourth-order valence-corrected chi connectivity index (χ4v) is 10.0. The first-order valence-electron chi connectivity index (χ1n) is 34.3. The molecule has 0 saturated heterocycles. The summed E-state index contributed by atoms with van der Waals surface area (Å²) in [6, 6.07) is 0. The highest BCUT2D eigenvalue weighted by Gasteiger charge is 2.25. The Morgan fingerprint density at radius 3 is 1.00 bits per heavy atom. The minimum atomic E-state index is -1.51. The summed E-state index contributed by atoms with van der Waals surface area (Å²) in [5.74, 6) is -2.01. The number of carboxylic acids is 1. The van der Waals surface area contributed by atoms with E-state index in [9.17, 15) is 19.5 Å². The van der Waals surface area contributed by atoms with E-state index in [0.29, 0.717) is 11.0 Å². The van der Waals surface area contributed by atoms with Crippen LogP contribution in [-0.4, -0.2) is 87.4 Å². The van der Waals surface area contributed by atoms with E-state index in [2.05, 4.69) is 62.5 Å². The summed E-state index contributed by atoms with van der Waals surface area (Å²) in [5, 5.41) is 9.72. The molecule has 0 bridgehead atoms. The van der Waals surface area contributed by atoms with Gasteiger partial charge in [-0.25, -0.2) is 4.79 Å². The first-order chi connectivity index (χ1) is 39.1. The van der Waals surface area contributed by atoms with Gasteiger partial charge in [0, 0.05) is 12.8 Å². The molecule has 0 aliphatic rings. The quantitative estimate of drug-likeness (QED) is 0.0211. The molecule has 1 N–H and O–H groups in total. The van der Waals surface area contributed by atoms with E-state index in [0.717, 1.165) is 70.6 Å². The van der Waals surface area contributed by atoms with Crippen molar-refractivity contribution in [2.45, 2.75) is 341 Å². The predicted molar refractivity (Wildman–Crippen MR) is 341 cm³/mol. The summed E-state index contributed by atoms with van der Waals surface area (Å²) in [6.07, 6.45) is 76.7. The number of esters is 2. The van der Waals surface area contributed by atoms with Gasteiger partial charge in [0.1, 0.15) is 13.2 Å². The molecule has 0 saturated carbocycles. The smallest absolute Gasteiger partial charge is 0.361 e. The molecule has 0 aliphatic heterocycles. The number of unbranched alkanes of at least 4 members (excludes halogenated alkanes) is 41. The molecular weight excluding hydrogens is 995 g/mol. The Morgan fingerprint density at radius 1 is 0.375 bits per heavy atom. The van der Waals surface area contributed by atoms with E-state index in [4.69, 9.17) is 18.9 Å². The lowest BCUT2D eigenvalue weighted by molar-refractivity contribution is -0.870. The lowest BCUT2D eigenvalue weighted by atomic mass is 10.0. The number of likely N-dealkylation sites (N-methyl/N-ethyl adjacent to an activating group) is 1. The number of hydrogen-bond donors (Lipinski definition) is 1. The summed E-state index contributed by atoms with van der Waals surface area (Å²) >= 11 is 0. The molecule has 80 heavy (non-hydrogen) atoms. The number of allylic oxidation sites excluding steroid dienone is 8. The fraction of sp³-hybridized carbons (Fsp3) is 0.845. The van der Waals surface area contributed by atoms with Gasteiger partial charge >= 0.3 is 17.9 Å². The molecule has 468 valence electrons. The maximum Gasteiger partial charge on any atom is 0.361 e. The van der Waals surface area contributed by atoms with E-state index in [1.165, 1.54) is 231 Å². The van der Waals surface area contributed by atoms with Gasteiger partial charge in [-0.05, 0) is 77.0 Å². The van der Waals surface area contributed by atoms with Crippen LogP contribution in [0.1, 0.15) is 328 Å². The third kappa shape index (κ3) is 62.8. The van der Waals surface area contributed by atoms with Crippen molar-refractivity contribution in [2.24, 2.45) is 0 Å². The number of carboxylic acid groups (broad SMARTS) is 1. The third-order valence-electron chi connectivity index (χ3n) is 15.3. The van der Waals surface area contributed by atoms with Gasteiger partial charge in [0.25, 0.3) is 6.29 Å². The average molecular weight is 1130 g/mol. The largest absolute Gasteiger partial charge is 0.477 e. The Bertz CT molecular complexity index is 1450. The Kier molecular flexibility index (Phi) is 60.2. The van der Waals surface area contributed by atoms with Gasteiger partial charge in [0.15, 0.2) is 6.10 Å². The van der Waals surface area contributed by atoms with Gasteiger partial charge in [-0.3, -0.25) is 9.59 Å². The van der Waals surface area contributed by atoms with E-state index in [1.807, 2.05) is 21.1 Å². The molecule has 9 heteroatoms. The van der Waals surface area contributed by atoms with Crippen molar-refractivity contribution in [1.29, 1.82) is 0 Å². The molecule has 0 amide bonds. The minimum absolute atomic E-state index is 0.186. The van der Waals surface area contributed by atoms with Crippen LogP contribution in [0.4, 0.5) is 0 Å². The topological polar surface area (TPSA) is 108 Å². The lowest BCUT2D eigenvalue weighted by Gasteiger charge is -2.25. The van der Waals surface area contributed by atoms with E-state index in [1.54, 1.807) is 0 Å². The van der Waals surface area contributed by atoms with Crippen molar-refractivity contribution in [1.82, 2.24) is 0 Å². The van der Waals surface area contributed by atoms with Gasteiger partial charge in [-0.15, -0.1) is 0 Å². The zero-order valence-corrected chi connectivity index (χ0v) is 53.5. The number of nitrogens with zero attached hydrogens (tertiary/aromatic N) is 1. The standard InChI is InChI=1S/C71H131NO8/c1-6-8-10-12-14-16-18-20-22-24-25-26-27-28-29-30-31-32-33-34-35-36-37-38-39-40-41-42-43-44-45-46-48-50-52-54-56-58-60-62-69(74)80-67(66-79-71(70(75)76)77-64-63-72(3,4)5)65-78-68(73)61-59-57-55-53-51-49-47-23-21-19-17-15-13-11-9-7-2/h17-20,23-25,47,67,71H,6-16,21-22,26-46,48-66H2,1-5H3/p+1/b19-17-,20-18-,25-24-,47-23-. The van der Waals surface area contributed by atoms with Crippen LogP contribution in [0.15, 0.2) is 48.6 Å². The molecule has 0 aromatic carbocycles. The number of ether oxygens (including phenoxy) is 4. The molecule has 0 aromatic heterocycles. The molecule has 0 aliphatic carbocycles. The van der Waals surface area contributed by atoms with Crippen LogP contribution >= 0.6 is 0 Å². The van der Waals surface area contributed by atoms with Crippen LogP contribution in [0.2, 0.25) is 0 Å². The fourth-order valence-electron chi connectivity index (χ4n) is 10.0. The molecule has 0 heterocycles. The highest BCUT2D eigenvalue weighted by atomic mass is 16.7. The third-order valence-corrected chi connectivity index (χ3v) is 15.3. The normalized spacial score (nSPS) is 13.0. The maximum absolute atomic E-state index is 12.9. The van der Waals surface area contributed by atoms with Crippen molar-refractivity contribution in [2.75, 3.05) is 47.5 Å². The van der Waals surface area contributed by atoms with Crippen LogP contribution in [0, 0.1) is 0 Å². The summed E-state index contributed by atoms with van der Waals surface area (Å²) in [7, 11) is 5.98. The number of carbonyl (C=O) groups excluding carboxylic acids is 2. The van der Waals surface area contributed by atoms with Crippen LogP contribution < -0.4 is 0 Å². The molecule has 0 fully saturated rings. The molecule has 0 radical (unpaired) electrons. The molecule has 2 unspecified atom stereocenters. The van der Waals surface area contributed by atoms with Crippen molar-refractivity contribution >= 4 is 17.9 Å². The number of carbonyl (C=O) groups is 3. The van der Waals surface area contributed by atoms with Crippen LogP contribution in [0.3, 0.4) is 0 Å². The van der Waals surface area contributed by atoms with Crippen molar-refractivity contribution in [3.05, 3.63) is 48.6 Å². The molecule has 0 rings (SSSR count). The van der Waals surface area contributed by atoms with Crippen molar-refractivity contribution in [3.8, 4) is 0 Å². The second-order valence-corrected chi connectivity index (χ2v) is 24.5. The van der Waals surface area contributed by atoms with Gasteiger partial charge < -0.3 is 28.5 Å². The Balaban J connectivity index is 3.95. The summed E-state index contributed by atoms with van der Waals surface area (Å²) in [4.78, 5) is 37.5. The summed E-state index contributed by atoms with van der Waals surface area (Å²) < 4.78 is 22.9. The summed E-state index contributed by atoms with van der Waals surface area (Å²) in [6.45, 7) is 4.87. The monoisotopic (exact) mass is 1130 g/mol. The molecule has 0 aromatic rings. The first-order valence-corrected chi connectivity index (χ1v) is 34.3. The average Bonchev–Trinajstić information content (AvgIpc) is 3.43. The Labute approximate surface area is 495 Å². The van der Waals surface area contributed by atoms with Crippen LogP contribution in [-0.2, 0) is 33.3 Å². The van der Waals surface area contributed by atoms with Gasteiger partial charge in [0.2, 0.25) is 0 Å². The second-order valence-electron chi connectivity index (χ2n) is 24.5. The lowest BCUT2D eigenvalue weighted by Crippen LogP contribution is -2.40. The molecule has 0 spiro atoms. The SMILES string of the molecule is CCCCCC/C=C\C/C=C\CCCCCCCC(=O)OCC(COC(OCC[N+](C)(C)C)C(=O)O)OC(=O)CCCCCCCCCCCCCCCCCCCCCCCCCCCCC/C=C\C/C=C\CCCCCCC. The second kappa shape index (κ2) is 62.3. The van der Waals surface area contributed by atoms with Crippen LogP contribution in [0.25, 0.3) is 0 Å². The Morgan fingerprint density at radius 2 is 0.675 bits per heavy atom. The summed E-state index contributed by atoms with van der Waals surface area (Å²) in [5.41, 5.74) is 0. The predicted octanol–water partition coefficient (Wildman–Crippen LogP) is 21.0. The highest BCUT2D eigenvalue weighted by Crippen LogP contribution is 2.18. The van der Waals surface area contributed by atoms with Gasteiger partial charge in [-0.2, -0.15) is 0 Å². The van der Waals surface area contributed by atoms with E-state index < -0.39 is 24.3 Å². The number of aliphatic carboxylic acids is 1. The van der Waals surface area contributed by atoms with Gasteiger partial charge in [0.05, 0.1) is 34.4 Å². The van der Waals surface area contributed by atoms with Crippen LogP contribution in [0.5, 0.6) is 0 Å². The molecular formula is C71H132NO8+. The first kappa shape index (κ1) is 77.2.